The second-order valence-corrected chi connectivity index (χ2v) is 7.22. The summed E-state index contributed by atoms with van der Waals surface area (Å²) in [5.74, 6) is -1.13. The van der Waals surface area contributed by atoms with Crippen molar-refractivity contribution in [1.82, 2.24) is 4.31 Å². The van der Waals surface area contributed by atoms with Crippen LogP contribution in [-0.4, -0.2) is 57.2 Å². The summed E-state index contributed by atoms with van der Waals surface area (Å²) in [6, 6.07) is 2.97. The lowest BCUT2D eigenvalue weighted by Gasteiger charge is -2.22. The van der Waals surface area contributed by atoms with Gasteiger partial charge >= 0.3 is 5.97 Å². The lowest BCUT2D eigenvalue weighted by molar-refractivity contribution is -0.140. The number of ether oxygens (including phenoxy) is 2. The van der Waals surface area contributed by atoms with Gasteiger partial charge in [-0.15, -0.1) is 0 Å². The lowest BCUT2D eigenvalue weighted by Crippen LogP contribution is -2.40. The smallest absolute Gasteiger partial charge is 0.321 e. The maximum Gasteiger partial charge on any atom is 0.321 e. The van der Waals surface area contributed by atoms with Gasteiger partial charge in [0.1, 0.15) is 16.7 Å². The number of hydrogen-bond acceptors (Lipinski definition) is 5. The highest BCUT2D eigenvalue weighted by Crippen LogP contribution is 2.30. The van der Waals surface area contributed by atoms with E-state index in [0.29, 0.717) is 13.0 Å². The van der Waals surface area contributed by atoms with Gasteiger partial charge in [-0.2, -0.15) is 4.31 Å². The van der Waals surface area contributed by atoms with Gasteiger partial charge in [0.2, 0.25) is 10.0 Å². The van der Waals surface area contributed by atoms with Crippen LogP contribution in [0.4, 0.5) is 0 Å². The van der Waals surface area contributed by atoms with Crippen LogP contribution >= 0.6 is 11.6 Å². The van der Waals surface area contributed by atoms with Gasteiger partial charge in [0.25, 0.3) is 0 Å². The lowest BCUT2D eigenvalue weighted by atomic mass is 10.3. The predicted molar refractivity (Wildman–Crippen MR) is 85.5 cm³/mol. The minimum Gasteiger partial charge on any atom is -0.492 e. The van der Waals surface area contributed by atoms with Crippen LogP contribution in [0.15, 0.2) is 23.1 Å². The van der Waals surface area contributed by atoms with Gasteiger partial charge in [-0.1, -0.05) is 11.6 Å². The minimum absolute atomic E-state index is 0.120. The summed E-state index contributed by atoms with van der Waals surface area (Å²) in [6.07, 6.45) is 0.583. The van der Waals surface area contributed by atoms with Crippen molar-refractivity contribution < 1.29 is 27.8 Å². The van der Waals surface area contributed by atoms with Crippen molar-refractivity contribution in [1.29, 1.82) is 0 Å². The Hall–Kier alpha value is -1.35. The molecule has 0 amide bonds. The Balaban J connectivity index is 3.13. The van der Waals surface area contributed by atoms with Crippen molar-refractivity contribution in [3.63, 3.8) is 0 Å². The van der Waals surface area contributed by atoms with E-state index in [4.69, 9.17) is 26.2 Å². The standard InChI is InChI=1S/C14H20ClNO6S/c1-10(14(17)18)16(2)23(19,20)13-9-11(15)5-6-12(13)22-8-4-7-21-3/h5-6,9-10H,4,7-8H2,1-3H3,(H,17,18). The second-order valence-electron chi connectivity index (χ2n) is 4.82. The van der Waals surface area contributed by atoms with Crippen LogP contribution in [0.2, 0.25) is 5.02 Å². The fraction of sp³-hybridized carbons (Fsp3) is 0.500. The average molecular weight is 366 g/mol. The van der Waals surface area contributed by atoms with Crippen LogP contribution in [0.25, 0.3) is 0 Å². The van der Waals surface area contributed by atoms with Crippen molar-refractivity contribution in [2.24, 2.45) is 0 Å². The van der Waals surface area contributed by atoms with E-state index in [-0.39, 0.29) is 22.3 Å². The van der Waals surface area contributed by atoms with E-state index < -0.39 is 22.0 Å². The molecule has 0 aliphatic carbocycles. The summed E-state index contributed by atoms with van der Waals surface area (Å²) in [7, 11) is -1.31. The zero-order valence-electron chi connectivity index (χ0n) is 13.2. The van der Waals surface area contributed by atoms with E-state index in [1.54, 1.807) is 7.11 Å². The summed E-state index contributed by atoms with van der Waals surface area (Å²) >= 11 is 5.88. The molecular formula is C14H20ClNO6S. The van der Waals surface area contributed by atoms with Crippen LogP contribution in [0.1, 0.15) is 13.3 Å². The molecule has 0 aliphatic rings. The number of nitrogens with zero attached hydrogens (tertiary/aromatic N) is 1. The molecule has 0 radical (unpaired) electrons. The summed E-state index contributed by atoms with van der Waals surface area (Å²) in [5.41, 5.74) is 0. The van der Waals surface area contributed by atoms with E-state index >= 15 is 0 Å². The first-order chi connectivity index (χ1) is 10.7. The number of halogens is 1. The van der Waals surface area contributed by atoms with Gasteiger partial charge in [0.15, 0.2) is 0 Å². The third-order valence-electron chi connectivity index (χ3n) is 3.22. The molecule has 1 rings (SSSR count). The quantitative estimate of drug-likeness (QED) is 0.671. The molecule has 0 heterocycles. The van der Waals surface area contributed by atoms with Crippen LogP contribution in [0, 0.1) is 0 Å². The highest BCUT2D eigenvalue weighted by molar-refractivity contribution is 7.89. The molecular weight excluding hydrogens is 346 g/mol. The molecule has 0 aromatic heterocycles. The van der Waals surface area contributed by atoms with Gasteiger partial charge in [0.05, 0.1) is 6.61 Å². The van der Waals surface area contributed by atoms with Crippen LogP contribution in [0.5, 0.6) is 5.75 Å². The molecule has 9 heteroatoms. The molecule has 1 aromatic carbocycles. The molecule has 1 N–H and O–H groups in total. The van der Waals surface area contributed by atoms with Gasteiger partial charge < -0.3 is 14.6 Å². The Morgan fingerprint density at radius 3 is 2.61 bits per heavy atom. The van der Waals surface area contributed by atoms with Crippen molar-refractivity contribution in [2.45, 2.75) is 24.3 Å². The molecule has 1 aromatic rings. The van der Waals surface area contributed by atoms with Gasteiger partial charge in [-0.25, -0.2) is 8.42 Å². The third kappa shape index (κ3) is 5.07. The SMILES string of the molecule is COCCCOc1ccc(Cl)cc1S(=O)(=O)N(C)C(C)C(=O)O. The third-order valence-corrected chi connectivity index (χ3v) is 5.40. The topological polar surface area (TPSA) is 93.1 Å². The van der Waals surface area contributed by atoms with Crippen molar-refractivity contribution in [3.8, 4) is 5.75 Å². The maximum absolute atomic E-state index is 12.6. The highest BCUT2D eigenvalue weighted by Gasteiger charge is 2.32. The summed E-state index contributed by atoms with van der Waals surface area (Å²) in [4.78, 5) is 10.9. The minimum atomic E-state index is -4.07. The zero-order valence-corrected chi connectivity index (χ0v) is 14.7. The first kappa shape index (κ1) is 19.7. The Morgan fingerprint density at radius 1 is 1.39 bits per heavy atom. The maximum atomic E-state index is 12.6. The number of methoxy groups -OCH3 is 1. The van der Waals surface area contributed by atoms with Crippen molar-refractivity contribution in [2.75, 3.05) is 27.4 Å². The fourth-order valence-electron chi connectivity index (χ4n) is 1.71. The number of carboxylic acids is 1. The number of sulfonamides is 1. The van der Waals surface area contributed by atoms with Gasteiger partial charge in [-0.3, -0.25) is 4.79 Å². The normalized spacial score (nSPS) is 13.1. The molecule has 0 aliphatic heterocycles. The molecule has 1 unspecified atom stereocenters. The average Bonchev–Trinajstić information content (AvgIpc) is 2.50. The number of carboxylic acid groups (broad SMARTS) is 1. The van der Waals surface area contributed by atoms with Gasteiger partial charge in [0, 0.05) is 32.2 Å². The number of likely N-dealkylation sites (N-methyl/N-ethyl adjacent to an activating group) is 1. The molecule has 0 fully saturated rings. The van der Waals surface area contributed by atoms with Crippen LogP contribution in [-0.2, 0) is 19.6 Å². The molecule has 0 spiro atoms. The molecule has 130 valence electrons. The Labute approximate surface area is 140 Å². The molecule has 0 saturated heterocycles. The first-order valence-corrected chi connectivity index (χ1v) is 8.65. The van der Waals surface area contributed by atoms with E-state index in [1.807, 2.05) is 0 Å². The summed E-state index contributed by atoms with van der Waals surface area (Å²) in [6.45, 7) is 2.02. The molecule has 7 nitrogen and oxygen atoms in total. The summed E-state index contributed by atoms with van der Waals surface area (Å²) < 4.78 is 36.4. The fourth-order valence-corrected chi connectivity index (χ4v) is 3.42. The summed E-state index contributed by atoms with van der Waals surface area (Å²) in [5, 5.41) is 9.22. The monoisotopic (exact) mass is 365 g/mol. The van der Waals surface area contributed by atoms with Crippen molar-refractivity contribution >= 4 is 27.6 Å². The van der Waals surface area contributed by atoms with Crippen molar-refractivity contribution in [3.05, 3.63) is 23.2 Å². The van der Waals surface area contributed by atoms with Gasteiger partial charge in [-0.05, 0) is 25.1 Å². The molecule has 0 bridgehead atoms. The van der Waals surface area contributed by atoms with Crippen LogP contribution in [0.3, 0.4) is 0 Å². The number of aliphatic carboxylic acids is 1. The second kappa shape index (κ2) is 8.49. The number of carbonyl (C=O) groups is 1. The first-order valence-electron chi connectivity index (χ1n) is 6.84. The van der Waals surface area contributed by atoms with E-state index in [9.17, 15) is 13.2 Å². The van der Waals surface area contributed by atoms with E-state index in [2.05, 4.69) is 0 Å². The molecule has 0 saturated carbocycles. The van der Waals surface area contributed by atoms with Crippen LogP contribution < -0.4 is 4.74 Å². The molecule has 1 atom stereocenters. The largest absolute Gasteiger partial charge is 0.492 e. The zero-order chi connectivity index (χ0) is 17.6. The predicted octanol–water partition coefficient (Wildman–Crippen LogP) is 1.85. The Bertz CT molecular complexity index is 649. The Kier molecular flexibility index (Phi) is 7.27. The number of hydrogen-bond donors (Lipinski definition) is 1. The van der Waals surface area contributed by atoms with E-state index in [0.717, 1.165) is 4.31 Å². The molecule has 23 heavy (non-hydrogen) atoms. The highest BCUT2D eigenvalue weighted by atomic mass is 35.5. The Morgan fingerprint density at radius 2 is 2.04 bits per heavy atom. The number of rotatable bonds is 9. The van der Waals surface area contributed by atoms with E-state index in [1.165, 1.54) is 32.2 Å². The number of benzene rings is 1.